The van der Waals surface area contributed by atoms with E-state index in [0.29, 0.717) is 74.5 Å². The average molecular weight is 504 g/mol. The van der Waals surface area contributed by atoms with Gasteiger partial charge < -0.3 is 24.7 Å². The third kappa shape index (κ3) is 4.72. The smallest absolute Gasteiger partial charge is 0.294 e. The quantitative estimate of drug-likeness (QED) is 0.562. The molecule has 194 valence electrons. The molecule has 2 saturated heterocycles. The Kier molecular flexibility index (Phi) is 7.00. The largest absolute Gasteiger partial charge is 0.378 e. The lowest BCUT2D eigenvalue weighted by molar-refractivity contribution is 0.0987. The van der Waals surface area contributed by atoms with Gasteiger partial charge in [-0.25, -0.2) is 14.6 Å². The van der Waals surface area contributed by atoms with Crippen molar-refractivity contribution < 1.29 is 9.47 Å². The molecule has 0 aliphatic carbocycles. The molecule has 5 rings (SSSR count). The van der Waals surface area contributed by atoms with Gasteiger partial charge in [0.15, 0.2) is 0 Å². The van der Waals surface area contributed by atoms with Gasteiger partial charge in [-0.3, -0.25) is 4.79 Å². The Morgan fingerprint density at radius 2 is 1.89 bits per heavy atom. The Morgan fingerprint density at radius 3 is 2.62 bits per heavy atom. The first-order chi connectivity index (χ1) is 17.9. The molecule has 4 heterocycles. The standard InChI is InChI=1S/C27H33N7O3/c1-17-16-37-13-10-33(17)25-24-23(15-34(27(25)35)32-8-11-36-12-9-32)26(31-20(4)30-24)29-19(3)22-7-5-6-21(14-28)18(22)2/h5-7,15,17,19H,8-13,16H2,1-4H3,(H,29,30,31)/t17-,19+/m0/s1. The van der Waals surface area contributed by atoms with E-state index in [-0.39, 0.29) is 17.6 Å². The second-order valence-corrected chi connectivity index (χ2v) is 9.69. The molecule has 1 aromatic carbocycles. The van der Waals surface area contributed by atoms with Crippen LogP contribution < -0.4 is 20.8 Å². The van der Waals surface area contributed by atoms with E-state index in [9.17, 15) is 10.1 Å². The van der Waals surface area contributed by atoms with Gasteiger partial charge in [-0.2, -0.15) is 5.26 Å². The Hall–Kier alpha value is -3.68. The van der Waals surface area contributed by atoms with Crippen molar-refractivity contribution in [1.82, 2.24) is 14.6 Å². The molecule has 2 fully saturated rings. The van der Waals surface area contributed by atoms with E-state index in [1.165, 1.54) is 0 Å². The molecule has 37 heavy (non-hydrogen) atoms. The molecule has 2 aliphatic rings. The zero-order valence-electron chi connectivity index (χ0n) is 21.8. The Morgan fingerprint density at radius 1 is 1.14 bits per heavy atom. The van der Waals surface area contributed by atoms with E-state index < -0.39 is 0 Å². The van der Waals surface area contributed by atoms with Crippen LogP contribution in [0.15, 0.2) is 29.2 Å². The first-order valence-electron chi connectivity index (χ1n) is 12.8. The summed E-state index contributed by atoms with van der Waals surface area (Å²) in [4.78, 5) is 25.7. The van der Waals surface area contributed by atoms with Crippen molar-refractivity contribution in [3.8, 4) is 6.07 Å². The highest BCUT2D eigenvalue weighted by Crippen LogP contribution is 2.31. The van der Waals surface area contributed by atoms with E-state index in [1.807, 2.05) is 43.3 Å². The van der Waals surface area contributed by atoms with E-state index in [2.05, 4.69) is 30.1 Å². The minimum Gasteiger partial charge on any atom is -0.378 e. The summed E-state index contributed by atoms with van der Waals surface area (Å²) >= 11 is 0. The number of pyridine rings is 1. The van der Waals surface area contributed by atoms with E-state index >= 15 is 0 Å². The van der Waals surface area contributed by atoms with Gasteiger partial charge in [0.25, 0.3) is 5.56 Å². The van der Waals surface area contributed by atoms with Crippen molar-refractivity contribution in [2.75, 3.05) is 61.3 Å². The van der Waals surface area contributed by atoms with Crippen molar-refractivity contribution in [2.24, 2.45) is 0 Å². The monoisotopic (exact) mass is 503 g/mol. The predicted octanol–water partition coefficient (Wildman–Crippen LogP) is 2.65. The third-order valence-corrected chi connectivity index (χ3v) is 7.21. The maximum absolute atomic E-state index is 14.0. The minimum atomic E-state index is -0.125. The number of hydrogen-bond acceptors (Lipinski definition) is 9. The van der Waals surface area contributed by atoms with Crippen LogP contribution in [-0.4, -0.2) is 66.7 Å². The minimum absolute atomic E-state index is 0.0344. The number of morpholine rings is 2. The summed E-state index contributed by atoms with van der Waals surface area (Å²) in [5.41, 5.74) is 3.72. The number of nitriles is 1. The van der Waals surface area contributed by atoms with Crippen LogP contribution in [0.4, 0.5) is 11.5 Å². The van der Waals surface area contributed by atoms with Gasteiger partial charge in [0.05, 0.1) is 62.6 Å². The Bertz CT molecular complexity index is 1410. The lowest BCUT2D eigenvalue weighted by Gasteiger charge is -2.37. The zero-order valence-corrected chi connectivity index (χ0v) is 21.8. The van der Waals surface area contributed by atoms with Crippen LogP contribution in [0, 0.1) is 25.2 Å². The number of rotatable bonds is 5. The number of hydrogen-bond donors (Lipinski definition) is 1. The fourth-order valence-electron chi connectivity index (χ4n) is 5.21. The van der Waals surface area contributed by atoms with Gasteiger partial charge in [-0.05, 0) is 44.9 Å². The van der Waals surface area contributed by atoms with Gasteiger partial charge in [0, 0.05) is 18.8 Å². The molecule has 0 bridgehead atoms. The second kappa shape index (κ2) is 10.4. The van der Waals surface area contributed by atoms with Crippen molar-refractivity contribution in [3.05, 3.63) is 57.3 Å². The SMILES string of the molecule is Cc1nc(N[C@H](C)c2cccc(C#N)c2C)c2cn(N3CCOCC3)c(=O)c(N3CCOC[C@@H]3C)c2n1. The maximum Gasteiger partial charge on any atom is 0.294 e. The molecule has 3 aromatic rings. The summed E-state index contributed by atoms with van der Waals surface area (Å²) in [5, 5.41) is 15.9. The number of aromatic nitrogens is 3. The number of benzene rings is 1. The summed E-state index contributed by atoms with van der Waals surface area (Å²) in [5.74, 6) is 1.23. The summed E-state index contributed by atoms with van der Waals surface area (Å²) in [6, 6.07) is 7.93. The molecule has 10 heteroatoms. The lowest BCUT2D eigenvalue weighted by atomic mass is 9.98. The second-order valence-electron chi connectivity index (χ2n) is 9.69. The number of aryl methyl sites for hydroxylation is 1. The lowest BCUT2D eigenvalue weighted by Crippen LogP contribution is -2.52. The van der Waals surface area contributed by atoms with Crippen molar-refractivity contribution in [1.29, 1.82) is 5.26 Å². The molecule has 0 amide bonds. The summed E-state index contributed by atoms with van der Waals surface area (Å²) < 4.78 is 12.9. The van der Waals surface area contributed by atoms with Gasteiger partial charge in [0.2, 0.25) is 0 Å². The molecule has 2 aromatic heterocycles. The number of anilines is 2. The number of fused-ring (bicyclic) bond motifs is 1. The Balaban J connectivity index is 1.68. The topological polar surface area (TPSA) is 109 Å². The van der Waals surface area contributed by atoms with Gasteiger partial charge in [-0.1, -0.05) is 12.1 Å². The molecule has 1 N–H and O–H groups in total. The van der Waals surface area contributed by atoms with Gasteiger partial charge in [-0.15, -0.1) is 0 Å². The molecule has 10 nitrogen and oxygen atoms in total. The number of nitrogens with zero attached hydrogens (tertiary/aromatic N) is 6. The van der Waals surface area contributed by atoms with E-state index in [4.69, 9.17) is 19.4 Å². The number of nitrogens with one attached hydrogen (secondary N) is 1. The van der Waals surface area contributed by atoms with Crippen LogP contribution in [0.25, 0.3) is 10.9 Å². The Labute approximate surface area is 216 Å². The first-order valence-corrected chi connectivity index (χ1v) is 12.8. The van der Waals surface area contributed by atoms with Crippen molar-refractivity contribution >= 4 is 22.4 Å². The first kappa shape index (κ1) is 25.0. The molecule has 0 unspecified atom stereocenters. The van der Waals surface area contributed by atoms with Gasteiger partial charge in [0.1, 0.15) is 22.8 Å². The molecular weight excluding hydrogens is 470 g/mol. The maximum atomic E-state index is 14.0. The van der Waals surface area contributed by atoms with Crippen LogP contribution in [0.5, 0.6) is 0 Å². The fraction of sp³-hybridized carbons (Fsp3) is 0.481. The van der Waals surface area contributed by atoms with Gasteiger partial charge >= 0.3 is 0 Å². The van der Waals surface area contributed by atoms with Crippen molar-refractivity contribution in [2.45, 2.75) is 39.8 Å². The van der Waals surface area contributed by atoms with Crippen LogP contribution in [0.1, 0.15) is 42.4 Å². The summed E-state index contributed by atoms with van der Waals surface area (Å²) in [7, 11) is 0. The molecule has 2 aliphatic heterocycles. The zero-order chi connectivity index (χ0) is 26.1. The van der Waals surface area contributed by atoms with E-state index in [0.717, 1.165) is 16.5 Å². The highest BCUT2D eigenvalue weighted by molar-refractivity contribution is 5.97. The summed E-state index contributed by atoms with van der Waals surface area (Å²) in [6.07, 6.45) is 1.85. The van der Waals surface area contributed by atoms with Crippen LogP contribution in [0.3, 0.4) is 0 Å². The third-order valence-electron chi connectivity index (χ3n) is 7.21. The average Bonchev–Trinajstić information content (AvgIpc) is 2.89. The van der Waals surface area contributed by atoms with Crippen LogP contribution in [-0.2, 0) is 9.47 Å². The van der Waals surface area contributed by atoms with Crippen molar-refractivity contribution in [3.63, 3.8) is 0 Å². The fourth-order valence-corrected chi connectivity index (χ4v) is 5.21. The summed E-state index contributed by atoms with van der Waals surface area (Å²) in [6.45, 7) is 12.0. The molecule has 0 spiro atoms. The predicted molar refractivity (Wildman–Crippen MR) is 143 cm³/mol. The normalized spacial score (nSPS) is 19.1. The van der Waals surface area contributed by atoms with E-state index in [1.54, 1.807) is 4.68 Å². The van der Waals surface area contributed by atoms with Crippen LogP contribution >= 0.6 is 0 Å². The molecule has 0 radical (unpaired) electrons. The molecule has 0 saturated carbocycles. The highest BCUT2D eigenvalue weighted by atomic mass is 16.5. The molecule has 2 atom stereocenters. The molecular formula is C27H33N7O3. The van der Waals surface area contributed by atoms with Crippen LogP contribution in [0.2, 0.25) is 0 Å². The highest BCUT2D eigenvalue weighted by Gasteiger charge is 2.28. The number of ether oxygens (including phenoxy) is 2.